The van der Waals surface area contributed by atoms with Gasteiger partial charge in [-0.05, 0) is 60.5 Å². The van der Waals surface area contributed by atoms with Gasteiger partial charge in [0.1, 0.15) is 11.9 Å². The molecule has 3 rings (SSSR count). The third-order valence-electron chi connectivity index (χ3n) is 4.13. The second kappa shape index (κ2) is 9.17. The molecule has 0 heterocycles. The number of nitrogens with one attached hydrogen (secondary N) is 2. The van der Waals surface area contributed by atoms with Gasteiger partial charge in [0.05, 0.1) is 4.90 Å². The summed E-state index contributed by atoms with van der Waals surface area (Å²) < 4.78 is 41.1. The van der Waals surface area contributed by atoms with E-state index >= 15 is 0 Å². The number of carbonyl (C=O) groups is 1. The quantitative estimate of drug-likeness (QED) is 0.592. The maximum Gasteiger partial charge on any atom is 0.242 e. The number of rotatable bonds is 7. The molecule has 3 aromatic rings. The van der Waals surface area contributed by atoms with Crippen molar-refractivity contribution in [3.63, 3.8) is 0 Å². The minimum absolute atomic E-state index is 0.00505. The Hall–Kier alpha value is -2.74. The van der Waals surface area contributed by atoms with Gasteiger partial charge in [0, 0.05) is 10.7 Å². The van der Waals surface area contributed by atoms with Crippen LogP contribution in [0.1, 0.15) is 5.56 Å². The molecule has 150 valence electrons. The van der Waals surface area contributed by atoms with E-state index in [1.54, 1.807) is 24.3 Å². The van der Waals surface area contributed by atoms with Gasteiger partial charge in [0.25, 0.3) is 0 Å². The van der Waals surface area contributed by atoms with E-state index in [-0.39, 0.29) is 11.3 Å². The predicted octanol–water partition coefficient (Wildman–Crippen LogP) is 4.01. The summed E-state index contributed by atoms with van der Waals surface area (Å²) in [6.45, 7) is 0. The second-order valence-electron chi connectivity index (χ2n) is 6.31. The van der Waals surface area contributed by atoms with Gasteiger partial charge in [-0.3, -0.25) is 4.79 Å². The van der Waals surface area contributed by atoms with Crippen LogP contribution in [0.25, 0.3) is 0 Å². The van der Waals surface area contributed by atoms with E-state index in [1.165, 1.54) is 48.5 Å². The fourth-order valence-electron chi connectivity index (χ4n) is 2.67. The van der Waals surface area contributed by atoms with Crippen molar-refractivity contribution in [2.45, 2.75) is 17.4 Å². The van der Waals surface area contributed by atoms with Crippen LogP contribution in [-0.4, -0.2) is 20.4 Å². The predicted molar refractivity (Wildman–Crippen MR) is 111 cm³/mol. The van der Waals surface area contributed by atoms with E-state index < -0.39 is 27.8 Å². The average Bonchev–Trinajstić information content (AvgIpc) is 2.70. The van der Waals surface area contributed by atoms with E-state index in [4.69, 9.17) is 11.6 Å². The Kier molecular flexibility index (Phi) is 6.64. The summed E-state index contributed by atoms with van der Waals surface area (Å²) in [6.07, 6.45) is 0.140. The molecule has 0 saturated carbocycles. The molecule has 29 heavy (non-hydrogen) atoms. The van der Waals surface area contributed by atoms with Crippen molar-refractivity contribution < 1.29 is 17.6 Å². The third-order valence-corrected chi connectivity index (χ3v) is 5.87. The van der Waals surface area contributed by atoms with Gasteiger partial charge < -0.3 is 5.32 Å². The Labute approximate surface area is 173 Å². The first kappa shape index (κ1) is 21.0. The number of anilines is 1. The minimum Gasteiger partial charge on any atom is -0.325 e. The van der Waals surface area contributed by atoms with E-state index in [0.29, 0.717) is 10.7 Å². The summed E-state index contributed by atoms with van der Waals surface area (Å²) in [5, 5.41) is 3.02. The van der Waals surface area contributed by atoms with Gasteiger partial charge in [-0.25, -0.2) is 12.8 Å². The normalized spacial score (nSPS) is 12.3. The number of sulfonamides is 1. The molecule has 0 saturated heterocycles. The zero-order valence-electron chi connectivity index (χ0n) is 15.2. The molecule has 0 fully saturated rings. The summed E-state index contributed by atoms with van der Waals surface area (Å²) in [4.78, 5) is 12.8. The van der Waals surface area contributed by atoms with Crippen LogP contribution in [-0.2, 0) is 21.2 Å². The Morgan fingerprint density at radius 2 is 1.55 bits per heavy atom. The van der Waals surface area contributed by atoms with Crippen molar-refractivity contribution in [3.05, 3.63) is 95.3 Å². The van der Waals surface area contributed by atoms with Crippen LogP contribution in [0.3, 0.4) is 0 Å². The van der Waals surface area contributed by atoms with Crippen molar-refractivity contribution in [1.82, 2.24) is 4.72 Å². The summed E-state index contributed by atoms with van der Waals surface area (Å²) in [5.41, 5.74) is 1.14. The van der Waals surface area contributed by atoms with Crippen LogP contribution in [0.15, 0.2) is 83.8 Å². The molecule has 3 aromatic carbocycles. The summed E-state index contributed by atoms with van der Waals surface area (Å²) >= 11 is 5.82. The lowest BCUT2D eigenvalue weighted by atomic mass is 10.1. The van der Waals surface area contributed by atoms with Crippen LogP contribution < -0.4 is 10.0 Å². The molecular weight excluding hydrogens is 415 g/mol. The highest BCUT2D eigenvalue weighted by Gasteiger charge is 2.26. The Morgan fingerprint density at radius 3 is 2.17 bits per heavy atom. The van der Waals surface area contributed by atoms with E-state index in [2.05, 4.69) is 10.0 Å². The largest absolute Gasteiger partial charge is 0.325 e. The fourth-order valence-corrected chi connectivity index (χ4v) is 3.99. The molecule has 1 amide bonds. The number of amides is 1. The molecule has 0 aliphatic heterocycles. The topological polar surface area (TPSA) is 75.3 Å². The lowest BCUT2D eigenvalue weighted by Crippen LogP contribution is -2.45. The van der Waals surface area contributed by atoms with E-state index in [0.717, 1.165) is 5.56 Å². The maximum atomic E-state index is 13.1. The smallest absolute Gasteiger partial charge is 0.242 e. The number of carbonyl (C=O) groups excluding carboxylic acids is 1. The minimum atomic E-state index is -3.97. The lowest BCUT2D eigenvalue weighted by Gasteiger charge is -2.19. The first-order valence-corrected chi connectivity index (χ1v) is 10.6. The first-order valence-electron chi connectivity index (χ1n) is 8.72. The molecule has 2 N–H and O–H groups in total. The van der Waals surface area contributed by atoms with Gasteiger partial charge >= 0.3 is 0 Å². The fraction of sp³-hybridized carbons (Fsp3) is 0.0952. The molecule has 1 atom stereocenters. The van der Waals surface area contributed by atoms with Crippen molar-refractivity contribution in [2.24, 2.45) is 0 Å². The monoisotopic (exact) mass is 432 g/mol. The zero-order chi connectivity index (χ0) is 20.9. The van der Waals surface area contributed by atoms with Crippen LogP contribution in [0.5, 0.6) is 0 Å². The molecule has 0 spiro atoms. The van der Waals surface area contributed by atoms with Crippen molar-refractivity contribution in [1.29, 1.82) is 0 Å². The number of hydrogen-bond acceptors (Lipinski definition) is 3. The van der Waals surface area contributed by atoms with Gasteiger partial charge in [0.15, 0.2) is 0 Å². The molecule has 0 bridgehead atoms. The molecule has 0 radical (unpaired) electrons. The van der Waals surface area contributed by atoms with Gasteiger partial charge in [-0.1, -0.05) is 41.9 Å². The molecule has 0 unspecified atom stereocenters. The second-order valence-corrected chi connectivity index (χ2v) is 8.46. The molecule has 8 heteroatoms. The summed E-state index contributed by atoms with van der Waals surface area (Å²) in [6, 6.07) is 18.8. The number of hydrogen-bond donors (Lipinski definition) is 2. The highest BCUT2D eigenvalue weighted by molar-refractivity contribution is 7.89. The SMILES string of the molecule is O=C(Nc1ccc(F)cc1)[C@H](Cc1ccccc1)NS(=O)(=O)c1ccc(Cl)cc1. The molecule has 0 aliphatic rings. The van der Waals surface area contributed by atoms with Crippen molar-refractivity contribution in [2.75, 3.05) is 5.32 Å². The van der Waals surface area contributed by atoms with Crippen LogP contribution >= 0.6 is 11.6 Å². The number of halogens is 2. The van der Waals surface area contributed by atoms with Gasteiger partial charge in [-0.2, -0.15) is 4.72 Å². The highest BCUT2D eigenvalue weighted by atomic mass is 35.5. The van der Waals surface area contributed by atoms with Crippen LogP contribution in [0.2, 0.25) is 5.02 Å². The third kappa shape index (κ3) is 5.87. The Balaban J connectivity index is 1.84. The average molecular weight is 433 g/mol. The summed E-state index contributed by atoms with van der Waals surface area (Å²) in [5.74, 6) is -0.995. The molecule has 0 aromatic heterocycles. The van der Waals surface area contributed by atoms with Crippen molar-refractivity contribution >= 4 is 33.2 Å². The Bertz CT molecular complexity index is 1070. The van der Waals surface area contributed by atoms with Crippen LogP contribution in [0.4, 0.5) is 10.1 Å². The summed E-state index contributed by atoms with van der Waals surface area (Å²) in [7, 11) is -3.97. The first-order chi connectivity index (χ1) is 13.8. The van der Waals surface area contributed by atoms with E-state index in [1.807, 2.05) is 6.07 Å². The highest BCUT2D eigenvalue weighted by Crippen LogP contribution is 2.16. The molecule has 0 aliphatic carbocycles. The van der Waals surface area contributed by atoms with E-state index in [9.17, 15) is 17.6 Å². The standard InChI is InChI=1S/C21H18ClFN2O3S/c22-16-6-12-19(13-7-16)29(27,28)25-20(14-15-4-2-1-3-5-15)21(26)24-18-10-8-17(23)9-11-18/h1-13,20,25H,14H2,(H,24,26)/t20-/m0/s1. The molecule has 5 nitrogen and oxygen atoms in total. The Morgan fingerprint density at radius 1 is 0.931 bits per heavy atom. The zero-order valence-corrected chi connectivity index (χ0v) is 16.8. The molecular formula is C21H18ClFN2O3S. The van der Waals surface area contributed by atoms with Crippen molar-refractivity contribution in [3.8, 4) is 0 Å². The van der Waals surface area contributed by atoms with Gasteiger partial charge in [-0.15, -0.1) is 0 Å². The maximum absolute atomic E-state index is 13.1. The van der Waals surface area contributed by atoms with Crippen LogP contribution in [0, 0.1) is 5.82 Å². The lowest BCUT2D eigenvalue weighted by molar-refractivity contribution is -0.117. The number of benzene rings is 3. The van der Waals surface area contributed by atoms with Gasteiger partial charge in [0.2, 0.25) is 15.9 Å².